The summed E-state index contributed by atoms with van der Waals surface area (Å²) in [5.41, 5.74) is 5.46. The van der Waals surface area contributed by atoms with Gasteiger partial charge in [-0.2, -0.15) is 0 Å². The van der Waals surface area contributed by atoms with Gasteiger partial charge in [0.2, 0.25) is 0 Å². The van der Waals surface area contributed by atoms with Crippen LogP contribution >= 0.6 is 0 Å². The second kappa shape index (κ2) is 5.45. The van der Waals surface area contributed by atoms with E-state index in [1.54, 1.807) is 7.11 Å². The second-order valence-electron chi connectivity index (χ2n) is 5.60. The molecule has 1 saturated heterocycles. The molecule has 16 heavy (non-hydrogen) atoms. The Labute approximate surface area is 98.8 Å². The first-order valence-corrected chi connectivity index (χ1v) is 6.08. The summed E-state index contributed by atoms with van der Waals surface area (Å²) < 4.78 is 5.54. The summed E-state index contributed by atoms with van der Waals surface area (Å²) in [6.45, 7) is 7.11. The van der Waals surface area contributed by atoms with Crippen LogP contribution in [0, 0.1) is 0 Å². The van der Waals surface area contributed by atoms with Gasteiger partial charge in [0.15, 0.2) is 0 Å². The highest BCUT2D eigenvalue weighted by molar-refractivity contribution is 4.86. The van der Waals surface area contributed by atoms with Gasteiger partial charge in [-0.1, -0.05) is 0 Å². The van der Waals surface area contributed by atoms with Gasteiger partial charge in [0.25, 0.3) is 0 Å². The maximum absolute atomic E-state index is 9.10. The number of rotatable bonds is 5. The first kappa shape index (κ1) is 13.9. The zero-order chi connectivity index (χ0) is 12.2. The fraction of sp³-hybridized carbons (Fsp3) is 1.00. The van der Waals surface area contributed by atoms with Crippen molar-refractivity contribution < 1.29 is 9.84 Å². The summed E-state index contributed by atoms with van der Waals surface area (Å²) in [6.07, 6.45) is 3.12. The predicted molar refractivity (Wildman–Crippen MR) is 65.4 cm³/mol. The molecule has 0 aliphatic carbocycles. The first-order chi connectivity index (χ1) is 7.41. The van der Waals surface area contributed by atoms with Crippen LogP contribution in [0.1, 0.15) is 33.1 Å². The number of likely N-dealkylation sites (tertiary alicyclic amines) is 1. The molecule has 1 rings (SSSR count). The van der Waals surface area contributed by atoms with Crippen molar-refractivity contribution >= 4 is 0 Å². The molecule has 3 N–H and O–H groups in total. The fourth-order valence-corrected chi connectivity index (χ4v) is 2.16. The number of nitrogens with zero attached hydrogens (tertiary/aromatic N) is 1. The molecule has 1 aliphatic rings. The van der Waals surface area contributed by atoms with Gasteiger partial charge in [0.05, 0.1) is 12.2 Å². The summed E-state index contributed by atoms with van der Waals surface area (Å²) >= 11 is 0. The monoisotopic (exact) mass is 230 g/mol. The lowest BCUT2D eigenvalue weighted by atomic mass is 9.93. The molecule has 1 heterocycles. The number of nitrogens with two attached hydrogens (primary N) is 1. The Morgan fingerprint density at radius 2 is 2.25 bits per heavy atom. The van der Waals surface area contributed by atoms with Gasteiger partial charge in [0.1, 0.15) is 0 Å². The van der Waals surface area contributed by atoms with E-state index >= 15 is 0 Å². The lowest BCUT2D eigenvalue weighted by molar-refractivity contribution is -0.0520. The Kier molecular flexibility index (Phi) is 4.73. The Morgan fingerprint density at radius 1 is 1.56 bits per heavy atom. The molecule has 0 radical (unpaired) electrons. The van der Waals surface area contributed by atoms with E-state index in [0.717, 1.165) is 32.5 Å². The molecule has 0 aromatic heterocycles. The van der Waals surface area contributed by atoms with Gasteiger partial charge in [-0.3, -0.25) is 0 Å². The van der Waals surface area contributed by atoms with E-state index in [4.69, 9.17) is 15.6 Å². The van der Waals surface area contributed by atoms with Gasteiger partial charge in [-0.05, 0) is 39.7 Å². The minimum absolute atomic E-state index is 0.0114. The van der Waals surface area contributed by atoms with Gasteiger partial charge < -0.3 is 20.5 Å². The molecule has 0 aromatic carbocycles. The predicted octanol–water partition coefficient (Wildman–Crippen LogP) is 0.587. The third-order valence-electron chi connectivity index (χ3n) is 3.59. The van der Waals surface area contributed by atoms with E-state index in [1.165, 1.54) is 6.42 Å². The second-order valence-corrected chi connectivity index (χ2v) is 5.60. The Hall–Kier alpha value is -0.160. The largest absolute Gasteiger partial charge is 0.394 e. The highest BCUT2D eigenvalue weighted by atomic mass is 16.5. The average Bonchev–Trinajstić information content (AvgIpc) is 2.27. The molecule has 2 atom stereocenters. The summed E-state index contributed by atoms with van der Waals surface area (Å²) in [5, 5.41) is 9.10. The number of methoxy groups -OCH3 is 1. The van der Waals surface area contributed by atoms with E-state index in [9.17, 15) is 0 Å². The van der Waals surface area contributed by atoms with Crippen LogP contribution in [0.2, 0.25) is 0 Å². The van der Waals surface area contributed by atoms with E-state index in [1.807, 2.05) is 6.92 Å². The normalized spacial score (nSPS) is 31.3. The lowest BCUT2D eigenvalue weighted by Crippen LogP contribution is -2.50. The van der Waals surface area contributed by atoms with E-state index < -0.39 is 5.54 Å². The molecular formula is C12H26N2O2. The van der Waals surface area contributed by atoms with Gasteiger partial charge >= 0.3 is 0 Å². The smallest absolute Gasteiger partial charge is 0.0777 e. The van der Waals surface area contributed by atoms with Crippen LogP contribution in [0.25, 0.3) is 0 Å². The molecule has 1 aliphatic heterocycles. The van der Waals surface area contributed by atoms with Crippen molar-refractivity contribution in [2.75, 3.05) is 33.4 Å². The number of hydrogen-bond donors (Lipinski definition) is 2. The molecule has 0 amide bonds. The van der Waals surface area contributed by atoms with Crippen molar-refractivity contribution in [3.05, 3.63) is 0 Å². The summed E-state index contributed by atoms with van der Waals surface area (Å²) in [6, 6.07) is 0. The Bertz CT molecular complexity index is 221. The number of piperidine rings is 1. The number of hydrogen-bond acceptors (Lipinski definition) is 4. The van der Waals surface area contributed by atoms with E-state index in [-0.39, 0.29) is 12.2 Å². The lowest BCUT2D eigenvalue weighted by Gasteiger charge is -2.40. The number of aliphatic hydroxyl groups is 1. The molecule has 4 heteroatoms. The minimum atomic E-state index is -0.457. The number of aliphatic hydroxyl groups excluding tert-OH is 1. The van der Waals surface area contributed by atoms with Crippen molar-refractivity contribution in [2.45, 2.75) is 44.2 Å². The van der Waals surface area contributed by atoms with Crippen LogP contribution in [0.3, 0.4) is 0 Å². The summed E-state index contributed by atoms with van der Waals surface area (Å²) in [7, 11) is 1.78. The SMILES string of the molecule is COC1(C)CCCN(CCC(C)(N)CO)C1. The molecule has 0 saturated carbocycles. The van der Waals surface area contributed by atoms with Crippen LogP contribution in [0.4, 0.5) is 0 Å². The molecule has 96 valence electrons. The average molecular weight is 230 g/mol. The maximum Gasteiger partial charge on any atom is 0.0777 e. The fourth-order valence-electron chi connectivity index (χ4n) is 2.16. The third-order valence-corrected chi connectivity index (χ3v) is 3.59. The molecule has 1 fully saturated rings. The Morgan fingerprint density at radius 3 is 2.81 bits per heavy atom. The van der Waals surface area contributed by atoms with Gasteiger partial charge in [-0.15, -0.1) is 0 Å². The quantitative estimate of drug-likeness (QED) is 0.725. The van der Waals surface area contributed by atoms with Crippen LogP contribution in [-0.4, -0.2) is 54.5 Å². The van der Waals surface area contributed by atoms with E-state index in [0.29, 0.717) is 0 Å². The van der Waals surface area contributed by atoms with Crippen molar-refractivity contribution in [3.8, 4) is 0 Å². The zero-order valence-electron chi connectivity index (χ0n) is 10.8. The number of ether oxygens (including phenoxy) is 1. The zero-order valence-corrected chi connectivity index (χ0v) is 10.8. The van der Waals surface area contributed by atoms with Gasteiger partial charge in [-0.25, -0.2) is 0 Å². The van der Waals surface area contributed by atoms with Crippen molar-refractivity contribution in [1.82, 2.24) is 4.90 Å². The minimum Gasteiger partial charge on any atom is -0.394 e. The van der Waals surface area contributed by atoms with Crippen molar-refractivity contribution in [3.63, 3.8) is 0 Å². The topological polar surface area (TPSA) is 58.7 Å². The summed E-state index contributed by atoms with van der Waals surface area (Å²) in [4.78, 5) is 2.38. The molecule has 0 spiro atoms. The maximum atomic E-state index is 9.10. The standard InChI is InChI=1S/C12H26N2O2/c1-11(13,10-15)6-8-14-7-4-5-12(2,9-14)16-3/h15H,4-10,13H2,1-3H3. The summed E-state index contributed by atoms with van der Waals surface area (Å²) in [5.74, 6) is 0. The molecule has 4 nitrogen and oxygen atoms in total. The highest BCUT2D eigenvalue weighted by Crippen LogP contribution is 2.24. The molecule has 0 aromatic rings. The van der Waals surface area contributed by atoms with Crippen molar-refractivity contribution in [2.24, 2.45) is 5.73 Å². The molecular weight excluding hydrogens is 204 g/mol. The molecule has 0 bridgehead atoms. The first-order valence-electron chi connectivity index (χ1n) is 6.08. The van der Waals surface area contributed by atoms with Crippen LogP contribution in [0.15, 0.2) is 0 Å². The van der Waals surface area contributed by atoms with Gasteiger partial charge in [0, 0.05) is 25.7 Å². The van der Waals surface area contributed by atoms with Crippen LogP contribution < -0.4 is 5.73 Å². The molecule has 2 unspecified atom stereocenters. The van der Waals surface area contributed by atoms with Crippen LogP contribution in [0.5, 0.6) is 0 Å². The van der Waals surface area contributed by atoms with Crippen molar-refractivity contribution in [1.29, 1.82) is 0 Å². The third kappa shape index (κ3) is 4.01. The Balaban J connectivity index is 2.38. The highest BCUT2D eigenvalue weighted by Gasteiger charge is 2.31. The van der Waals surface area contributed by atoms with Crippen LogP contribution in [-0.2, 0) is 4.74 Å². The van der Waals surface area contributed by atoms with E-state index in [2.05, 4.69) is 11.8 Å².